The molecule has 2 rings (SSSR count). The first-order chi connectivity index (χ1) is 6.35. The number of terminal acetylenes is 1. The van der Waals surface area contributed by atoms with Gasteiger partial charge in [-0.05, 0) is 0 Å². The van der Waals surface area contributed by atoms with Crippen molar-refractivity contribution in [1.82, 2.24) is 4.90 Å². The highest BCUT2D eigenvalue weighted by Gasteiger charge is 2.38. The van der Waals surface area contributed by atoms with Crippen LogP contribution in [0.2, 0.25) is 0 Å². The Morgan fingerprint density at radius 3 is 2.31 bits per heavy atom. The van der Waals surface area contributed by atoms with Crippen LogP contribution in [0.25, 0.3) is 0 Å². The van der Waals surface area contributed by atoms with Crippen molar-refractivity contribution in [2.24, 2.45) is 0 Å². The maximum Gasteiger partial charge on any atom is 0.0916 e. The summed E-state index contributed by atoms with van der Waals surface area (Å²) in [5.74, 6) is 2.72. The summed E-state index contributed by atoms with van der Waals surface area (Å²) < 4.78 is 1.41. The molecule has 2 saturated heterocycles. The fraction of sp³-hybridized carbons (Fsp3) is 0.818. The molecule has 1 spiro atoms. The lowest BCUT2D eigenvalue weighted by Crippen LogP contribution is -2.65. The minimum Gasteiger partial charge on any atom is -0.321 e. The zero-order valence-corrected chi connectivity index (χ0v) is 8.34. The first-order valence-corrected chi connectivity index (χ1v) is 5.36. The molecule has 2 heteroatoms. The van der Waals surface area contributed by atoms with E-state index in [4.69, 9.17) is 6.42 Å². The Bertz CT molecular complexity index is 203. The van der Waals surface area contributed by atoms with Crippen molar-refractivity contribution in [1.29, 1.82) is 0 Å². The second-order valence-electron chi connectivity index (χ2n) is 4.39. The van der Waals surface area contributed by atoms with Crippen LogP contribution in [0.3, 0.4) is 0 Å². The third kappa shape index (κ3) is 1.87. The topological polar surface area (TPSA) is 3.24 Å². The predicted octanol–water partition coefficient (Wildman–Crippen LogP) is 0.546. The van der Waals surface area contributed by atoms with Gasteiger partial charge in [-0.25, -0.2) is 0 Å². The van der Waals surface area contributed by atoms with E-state index in [1.807, 2.05) is 0 Å². The Labute approximate surface area is 81.1 Å². The van der Waals surface area contributed by atoms with Crippen LogP contribution in [0.1, 0.15) is 12.8 Å². The number of rotatable bonds is 2. The van der Waals surface area contributed by atoms with Gasteiger partial charge in [0.2, 0.25) is 0 Å². The third-order valence-electron chi connectivity index (χ3n) is 3.62. The van der Waals surface area contributed by atoms with Crippen LogP contribution in [-0.2, 0) is 0 Å². The normalized spacial score (nSPS) is 26.7. The highest BCUT2D eigenvalue weighted by Crippen LogP contribution is 2.22. The van der Waals surface area contributed by atoms with E-state index in [2.05, 4.69) is 10.8 Å². The SMILES string of the molecule is C#CCCN1CC[N+]2(CCC2)CC1. The van der Waals surface area contributed by atoms with Gasteiger partial charge in [-0.3, -0.25) is 4.90 Å². The van der Waals surface area contributed by atoms with Crippen LogP contribution in [0.5, 0.6) is 0 Å². The lowest BCUT2D eigenvalue weighted by Gasteiger charge is -2.50. The fourth-order valence-electron chi connectivity index (χ4n) is 2.43. The summed E-state index contributed by atoms with van der Waals surface area (Å²) >= 11 is 0. The van der Waals surface area contributed by atoms with E-state index in [1.54, 1.807) is 0 Å². The Kier molecular flexibility index (Phi) is 2.57. The van der Waals surface area contributed by atoms with Crippen molar-refractivity contribution in [3.8, 4) is 12.3 Å². The van der Waals surface area contributed by atoms with Gasteiger partial charge in [-0.1, -0.05) is 0 Å². The van der Waals surface area contributed by atoms with Gasteiger partial charge in [-0.15, -0.1) is 12.3 Å². The average Bonchev–Trinajstić information content (AvgIpc) is 2.13. The summed E-state index contributed by atoms with van der Waals surface area (Å²) in [5, 5.41) is 0. The Morgan fingerprint density at radius 1 is 1.15 bits per heavy atom. The molecule has 0 N–H and O–H groups in total. The zero-order valence-electron chi connectivity index (χ0n) is 8.34. The lowest BCUT2D eigenvalue weighted by atomic mass is 10.1. The molecule has 13 heavy (non-hydrogen) atoms. The quantitative estimate of drug-likeness (QED) is 0.442. The molecule has 0 bridgehead atoms. The summed E-state index contributed by atoms with van der Waals surface area (Å²) in [6.07, 6.45) is 7.62. The van der Waals surface area contributed by atoms with Crippen LogP contribution in [0, 0.1) is 12.3 Å². The number of piperazine rings is 1. The molecule has 72 valence electrons. The van der Waals surface area contributed by atoms with E-state index < -0.39 is 0 Å². The van der Waals surface area contributed by atoms with Gasteiger partial charge < -0.3 is 4.48 Å². The maximum atomic E-state index is 5.26. The Morgan fingerprint density at radius 2 is 1.85 bits per heavy atom. The molecule has 2 fully saturated rings. The molecule has 0 saturated carbocycles. The predicted molar refractivity (Wildman–Crippen MR) is 54.2 cm³/mol. The second-order valence-corrected chi connectivity index (χ2v) is 4.39. The van der Waals surface area contributed by atoms with E-state index in [1.165, 1.54) is 50.2 Å². The number of hydrogen-bond acceptors (Lipinski definition) is 1. The smallest absolute Gasteiger partial charge is 0.0916 e. The van der Waals surface area contributed by atoms with Crippen LogP contribution in [-0.4, -0.2) is 55.2 Å². The van der Waals surface area contributed by atoms with Crippen molar-refractivity contribution in [3.05, 3.63) is 0 Å². The molecule has 2 aliphatic rings. The molecule has 2 aliphatic heterocycles. The van der Waals surface area contributed by atoms with Crippen LogP contribution in [0.4, 0.5) is 0 Å². The standard InChI is InChI=1S/C11H19N2/c1-2-3-5-12-6-10-13(11-7-12)8-4-9-13/h1H,3-11H2/q+1. The second kappa shape index (κ2) is 3.69. The molecule has 0 aromatic rings. The van der Waals surface area contributed by atoms with E-state index in [-0.39, 0.29) is 0 Å². The van der Waals surface area contributed by atoms with E-state index in [0.29, 0.717) is 0 Å². The average molecular weight is 179 g/mol. The van der Waals surface area contributed by atoms with Crippen molar-refractivity contribution < 1.29 is 4.48 Å². The lowest BCUT2D eigenvalue weighted by molar-refractivity contribution is -0.967. The van der Waals surface area contributed by atoms with Crippen LogP contribution >= 0.6 is 0 Å². The highest BCUT2D eigenvalue weighted by molar-refractivity contribution is 4.85. The van der Waals surface area contributed by atoms with Gasteiger partial charge >= 0.3 is 0 Å². The molecular weight excluding hydrogens is 160 g/mol. The van der Waals surface area contributed by atoms with E-state index in [9.17, 15) is 0 Å². The molecule has 0 amide bonds. The van der Waals surface area contributed by atoms with Gasteiger partial charge in [0.25, 0.3) is 0 Å². The van der Waals surface area contributed by atoms with Crippen molar-refractivity contribution >= 4 is 0 Å². The Hall–Kier alpha value is -0.520. The largest absolute Gasteiger partial charge is 0.321 e. The number of quaternary nitrogens is 1. The number of hydrogen-bond donors (Lipinski definition) is 0. The molecule has 0 radical (unpaired) electrons. The first kappa shape index (κ1) is 9.05. The van der Waals surface area contributed by atoms with Crippen molar-refractivity contribution in [2.45, 2.75) is 12.8 Å². The monoisotopic (exact) mass is 179 g/mol. The van der Waals surface area contributed by atoms with Crippen LogP contribution < -0.4 is 0 Å². The van der Waals surface area contributed by atoms with Crippen molar-refractivity contribution in [3.63, 3.8) is 0 Å². The highest BCUT2D eigenvalue weighted by atomic mass is 15.4. The molecular formula is C11H19N2+. The van der Waals surface area contributed by atoms with Gasteiger partial charge in [0.05, 0.1) is 26.2 Å². The first-order valence-electron chi connectivity index (χ1n) is 5.36. The van der Waals surface area contributed by atoms with Gasteiger partial charge in [0, 0.05) is 32.5 Å². The molecule has 0 aromatic carbocycles. The van der Waals surface area contributed by atoms with E-state index in [0.717, 1.165) is 13.0 Å². The van der Waals surface area contributed by atoms with Crippen molar-refractivity contribution in [2.75, 3.05) is 45.8 Å². The molecule has 0 aromatic heterocycles. The maximum absolute atomic E-state index is 5.26. The van der Waals surface area contributed by atoms with Crippen LogP contribution in [0.15, 0.2) is 0 Å². The minimum atomic E-state index is 0.917. The zero-order chi connectivity index (χ0) is 9.15. The summed E-state index contributed by atoms with van der Waals surface area (Å²) in [6, 6.07) is 0. The fourth-order valence-corrected chi connectivity index (χ4v) is 2.43. The summed E-state index contributed by atoms with van der Waals surface area (Å²) in [7, 11) is 0. The molecule has 2 nitrogen and oxygen atoms in total. The molecule has 0 unspecified atom stereocenters. The summed E-state index contributed by atoms with van der Waals surface area (Å²) in [4.78, 5) is 2.52. The van der Waals surface area contributed by atoms with Gasteiger partial charge in [0.15, 0.2) is 0 Å². The summed E-state index contributed by atoms with van der Waals surface area (Å²) in [6.45, 7) is 9.24. The Balaban J connectivity index is 1.73. The molecule has 0 aliphatic carbocycles. The molecule has 2 heterocycles. The minimum absolute atomic E-state index is 0.917. The van der Waals surface area contributed by atoms with Gasteiger partial charge in [-0.2, -0.15) is 0 Å². The number of nitrogens with zero attached hydrogens (tertiary/aromatic N) is 2. The third-order valence-corrected chi connectivity index (χ3v) is 3.62. The summed E-state index contributed by atoms with van der Waals surface area (Å²) in [5.41, 5.74) is 0. The van der Waals surface area contributed by atoms with Gasteiger partial charge in [0.1, 0.15) is 0 Å². The van der Waals surface area contributed by atoms with E-state index >= 15 is 0 Å². The molecule has 0 atom stereocenters.